The van der Waals surface area contributed by atoms with Crippen molar-refractivity contribution < 1.29 is 4.74 Å². The lowest BCUT2D eigenvalue weighted by atomic mass is 9.92. The smallest absolute Gasteiger partial charge is 0.0779 e. The molecule has 0 aromatic heterocycles. The number of ether oxygens (including phenoxy) is 1. The summed E-state index contributed by atoms with van der Waals surface area (Å²) < 4.78 is 6.01. The molecule has 17 heavy (non-hydrogen) atoms. The molecule has 1 aromatic carbocycles. The summed E-state index contributed by atoms with van der Waals surface area (Å²) in [5.74, 6) is 0. The molecule has 0 radical (unpaired) electrons. The summed E-state index contributed by atoms with van der Waals surface area (Å²) in [6.07, 6.45) is 5.68. The van der Waals surface area contributed by atoms with Crippen LogP contribution in [0.15, 0.2) is 30.3 Å². The van der Waals surface area contributed by atoms with Crippen molar-refractivity contribution in [3.63, 3.8) is 0 Å². The molecular formula is C15H23NO. The van der Waals surface area contributed by atoms with Gasteiger partial charge in [0.25, 0.3) is 0 Å². The maximum Gasteiger partial charge on any atom is 0.0779 e. The van der Waals surface area contributed by atoms with E-state index >= 15 is 0 Å². The number of nitrogens with one attached hydrogen (secondary N) is 1. The van der Waals surface area contributed by atoms with Gasteiger partial charge in [0, 0.05) is 5.69 Å². The highest BCUT2D eigenvalue weighted by Gasteiger charge is 2.26. The molecule has 94 valence electrons. The molecule has 2 heteroatoms. The highest BCUT2D eigenvalue weighted by Crippen LogP contribution is 2.25. The van der Waals surface area contributed by atoms with E-state index in [1.165, 1.54) is 31.4 Å². The van der Waals surface area contributed by atoms with Gasteiger partial charge in [-0.15, -0.1) is 0 Å². The molecule has 0 heterocycles. The van der Waals surface area contributed by atoms with E-state index in [2.05, 4.69) is 43.4 Å². The first-order chi connectivity index (χ1) is 8.25. The Morgan fingerprint density at radius 2 is 1.82 bits per heavy atom. The van der Waals surface area contributed by atoms with Crippen LogP contribution in [0.4, 0.5) is 5.69 Å². The Bertz CT molecular complexity index is 323. The third-order valence-corrected chi connectivity index (χ3v) is 3.28. The summed E-state index contributed by atoms with van der Waals surface area (Å²) in [4.78, 5) is 0. The van der Waals surface area contributed by atoms with E-state index in [0.717, 1.165) is 0 Å². The predicted octanol–water partition coefficient (Wildman–Crippen LogP) is 3.83. The zero-order valence-electron chi connectivity index (χ0n) is 10.9. The molecule has 0 spiro atoms. The van der Waals surface area contributed by atoms with Crippen LogP contribution in [0.25, 0.3) is 0 Å². The molecule has 0 saturated heterocycles. The van der Waals surface area contributed by atoms with E-state index in [-0.39, 0.29) is 0 Å². The standard InChI is InChI=1S/C15H23NO/c1-12(2)17-15-11-7-6-10-14(15)16-13-8-4-3-5-9-13/h3-5,8-9,12,14-16H,6-7,10-11H2,1-2H3/t14-,15-/m0/s1. The lowest BCUT2D eigenvalue weighted by Gasteiger charge is -2.34. The second-order valence-electron chi connectivity index (χ2n) is 5.12. The first kappa shape index (κ1) is 12.4. The molecule has 0 amide bonds. The Balaban J connectivity index is 1.96. The average molecular weight is 233 g/mol. The van der Waals surface area contributed by atoms with Gasteiger partial charge in [-0.25, -0.2) is 0 Å². The minimum atomic E-state index is 0.318. The number of anilines is 1. The van der Waals surface area contributed by atoms with Crippen molar-refractivity contribution in [1.29, 1.82) is 0 Å². The highest BCUT2D eigenvalue weighted by atomic mass is 16.5. The van der Waals surface area contributed by atoms with Gasteiger partial charge in [0.1, 0.15) is 0 Å². The van der Waals surface area contributed by atoms with E-state index in [9.17, 15) is 0 Å². The van der Waals surface area contributed by atoms with E-state index in [4.69, 9.17) is 4.74 Å². The minimum absolute atomic E-state index is 0.318. The molecule has 1 aromatic rings. The van der Waals surface area contributed by atoms with Gasteiger partial charge in [0.05, 0.1) is 18.2 Å². The highest BCUT2D eigenvalue weighted by molar-refractivity contribution is 5.43. The summed E-state index contributed by atoms with van der Waals surface area (Å²) in [5, 5.41) is 3.61. The van der Waals surface area contributed by atoms with E-state index in [0.29, 0.717) is 18.2 Å². The lowest BCUT2D eigenvalue weighted by molar-refractivity contribution is -0.0186. The van der Waals surface area contributed by atoms with Gasteiger partial charge < -0.3 is 10.1 Å². The Kier molecular flexibility index (Phi) is 4.43. The topological polar surface area (TPSA) is 21.3 Å². The Labute approximate surface area is 104 Å². The van der Waals surface area contributed by atoms with Crippen LogP contribution >= 0.6 is 0 Å². The molecule has 1 N–H and O–H groups in total. The van der Waals surface area contributed by atoms with Gasteiger partial charge >= 0.3 is 0 Å². The van der Waals surface area contributed by atoms with Crippen LogP contribution in [0.2, 0.25) is 0 Å². The Morgan fingerprint density at radius 3 is 2.53 bits per heavy atom. The fourth-order valence-electron chi connectivity index (χ4n) is 2.52. The molecule has 0 bridgehead atoms. The lowest BCUT2D eigenvalue weighted by Crippen LogP contribution is -2.39. The van der Waals surface area contributed by atoms with Crippen LogP contribution in [-0.4, -0.2) is 18.2 Å². The van der Waals surface area contributed by atoms with Crippen LogP contribution in [0.1, 0.15) is 39.5 Å². The predicted molar refractivity (Wildman–Crippen MR) is 72.3 cm³/mol. The molecule has 2 nitrogen and oxygen atoms in total. The van der Waals surface area contributed by atoms with Gasteiger partial charge in [-0.3, -0.25) is 0 Å². The quantitative estimate of drug-likeness (QED) is 0.853. The number of para-hydroxylation sites is 1. The summed E-state index contributed by atoms with van der Waals surface area (Å²) in [6, 6.07) is 10.9. The van der Waals surface area contributed by atoms with Crippen molar-refractivity contribution in [2.75, 3.05) is 5.32 Å². The van der Waals surface area contributed by atoms with Crippen LogP contribution in [-0.2, 0) is 4.74 Å². The number of hydrogen-bond acceptors (Lipinski definition) is 2. The second kappa shape index (κ2) is 6.06. The molecule has 1 aliphatic carbocycles. The van der Waals surface area contributed by atoms with Gasteiger partial charge in [0.2, 0.25) is 0 Å². The van der Waals surface area contributed by atoms with Crippen molar-refractivity contribution in [1.82, 2.24) is 0 Å². The van der Waals surface area contributed by atoms with Gasteiger partial charge in [-0.05, 0) is 38.8 Å². The maximum atomic E-state index is 6.01. The molecule has 0 unspecified atom stereocenters. The second-order valence-corrected chi connectivity index (χ2v) is 5.12. The number of hydrogen-bond donors (Lipinski definition) is 1. The summed E-state index contributed by atoms with van der Waals surface area (Å²) in [6.45, 7) is 4.24. The number of rotatable bonds is 4. The summed E-state index contributed by atoms with van der Waals surface area (Å²) >= 11 is 0. The Morgan fingerprint density at radius 1 is 1.12 bits per heavy atom. The largest absolute Gasteiger partial charge is 0.380 e. The summed E-state index contributed by atoms with van der Waals surface area (Å²) in [7, 11) is 0. The average Bonchev–Trinajstić information content (AvgIpc) is 2.32. The molecular weight excluding hydrogens is 210 g/mol. The monoisotopic (exact) mass is 233 g/mol. The van der Waals surface area contributed by atoms with Gasteiger partial charge in [-0.1, -0.05) is 31.0 Å². The van der Waals surface area contributed by atoms with E-state index in [1.54, 1.807) is 0 Å². The van der Waals surface area contributed by atoms with Crippen molar-refractivity contribution in [2.45, 2.75) is 57.8 Å². The van der Waals surface area contributed by atoms with Crippen LogP contribution in [0.5, 0.6) is 0 Å². The molecule has 1 aliphatic rings. The van der Waals surface area contributed by atoms with E-state index < -0.39 is 0 Å². The molecule has 1 fully saturated rings. The van der Waals surface area contributed by atoms with Crippen LogP contribution in [0.3, 0.4) is 0 Å². The molecule has 2 rings (SSSR count). The molecule has 0 aliphatic heterocycles. The first-order valence-electron chi connectivity index (χ1n) is 6.73. The van der Waals surface area contributed by atoms with Crippen molar-refractivity contribution >= 4 is 5.69 Å². The van der Waals surface area contributed by atoms with Crippen LogP contribution in [0, 0.1) is 0 Å². The van der Waals surface area contributed by atoms with Crippen molar-refractivity contribution in [3.8, 4) is 0 Å². The fraction of sp³-hybridized carbons (Fsp3) is 0.600. The van der Waals surface area contributed by atoms with Gasteiger partial charge in [0.15, 0.2) is 0 Å². The zero-order chi connectivity index (χ0) is 12.1. The molecule has 2 atom stereocenters. The zero-order valence-corrected chi connectivity index (χ0v) is 10.9. The third kappa shape index (κ3) is 3.74. The molecule has 1 saturated carbocycles. The van der Waals surface area contributed by atoms with Gasteiger partial charge in [-0.2, -0.15) is 0 Å². The van der Waals surface area contributed by atoms with Crippen molar-refractivity contribution in [3.05, 3.63) is 30.3 Å². The number of benzene rings is 1. The maximum absolute atomic E-state index is 6.01. The fourth-order valence-corrected chi connectivity index (χ4v) is 2.52. The first-order valence-corrected chi connectivity index (χ1v) is 6.73. The summed E-state index contributed by atoms with van der Waals surface area (Å²) in [5.41, 5.74) is 1.21. The Hall–Kier alpha value is -1.02. The third-order valence-electron chi connectivity index (χ3n) is 3.28. The normalized spacial score (nSPS) is 24.9. The SMILES string of the molecule is CC(C)O[C@H]1CCCC[C@@H]1Nc1ccccc1. The van der Waals surface area contributed by atoms with E-state index in [1.807, 2.05) is 6.07 Å². The minimum Gasteiger partial charge on any atom is -0.380 e. The van der Waals surface area contributed by atoms with Crippen molar-refractivity contribution in [2.24, 2.45) is 0 Å². The van der Waals surface area contributed by atoms with Crippen LogP contribution < -0.4 is 5.32 Å².